The van der Waals surface area contributed by atoms with E-state index in [-0.39, 0.29) is 11.6 Å². The summed E-state index contributed by atoms with van der Waals surface area (Å²) in [5.74, 6) is 0.526. The molecule has 0 radical (unpaired) electrons. The first-order valence-corrected chi connectivity index (χ1v) is 7.46. The second-order valence-electron chi connectivity index (χ2n) is 5.68. The summed E-state index contributed by atoms with van der Waals surface area (Å²) in [6.45, 7) is 3.21. The molecule has 0 spiro atoms. The van der Waals surface area contributed by atoms with E-state index >= 15 is 0 Å². The van der Waals surface area contributed by atoms with E-state index in [9.17, 15) is 8.78 Å². The molecule has 1 aromatic rings. The van der Waals surface area contributed by atoms with Crippen LogP contribution in [0.2, 0.25) is 0 Å². The van der Waals surface area contributed by atoms with Gasteiger partial charge >= 0.3 is 0 Å². The van der Waals surface area contributed by atoms with E-state index in [0.29, 0.717) is 12.5 Å². The molecule has 2 rings (SSSR count). The lowest BCUT2D eigenvalue weighted by Gasteiger charge is -2.38. The Morgan fingerprint density at radius 2 is 1.95 bits per heavy atom. The molecule has 2 atom stereocenters. The van der Waals surface area contributed by atoms with Crippen LogP contribution in [0.25, 0.3) is 0 Å². The van der Waals surface area contributed by atoms with Gasteiger partial charge in [-0.15, -0.1) is 0 Å². The van der Waals surface area contributed by atoms with E-state index in [2.05, 4.69) is 4.90 Å². The lowest BCUT2D eigenvalue weighted by Crippen LogP contribution is -2.42. The summed E-state index contributed by atoms with van der Waals surface area (Å²) in [6, 6.07) is 6.65. The van der Waals surface area contributed by atoms with Crippen LogP contribution >= 0.6 is 0 Å². The topological polar surface area (TPSA) is 38.5 Å². The average Bonchev–Trinajstić information content (AvgIpc) is 2.49. The summed E-state index contributed by atoms with van der Waals surface area (Å²) in [6.07, 6.45) is -0.123. The third kappa shape index (κ3) is 4.22. The molecule has 2 unspecified atom stereocenters. The average molecular weight is 298 g/mol. The Balaban J connectivity index is 2.07. The first-order chi connectivity index (χ1) is 10.2. The largest absolute Gasteiger partial charge is 0.384 e. The van der Waals surface area contributed by atoms with Crippen LogP contribution in [0.4, 0.5) is 8.78 Å². The Bertz CT molecular complexity index is 423. The number of alkyl halides is 2. The Morgan fingerprint density at radius 3 is 2.52 bits per heavy atom. The number of methoxy groups -OCH3 is 1. The normalized spacial score (nSPS) is 21.7. The van der Waals surface area contributed by atoms with Crippen molar-refractivity contribution in [1.82, 2.24) is 4.90 Å². The van der Waals surface area contributed by atoms with Crippen LogP contribution in [0, 0.1) is 5.92 Å². The first-order valence-electron chi connectivity index (χ1n) is 7.46. The zero-order valence-electron chi connectivity index (χ0n) is 12.5. The van der Waals surface area contributed by atoms with Gasteiger partial charge in [0.2, 0.25) is 0 Å². The summed E-state index contributed by atoms with van der Waals surface area (Å²) < 4.78 is 30.5. The molecular formula is C16H24F2N2O. The van der Waals surface area contributed by atoms with Gasteiger partial charge in [-0.05, 0) is 30.9 Å². The molecule has 0 saturated carbocycles. The predicted octanol–water partition coefficient (Wildman–Crippen LogP) is 2.98. The summed E-state index contributed by atoms with van der Waals surface area (Å²) in [4.78, 5) is 2.35. The predicted molar refractivity (Wildman–Crippen MR) is 79.4 cm³/mol. The number of rotatable bonds is 6. The monoisotopic (exact) mass is 298 g/mol. The van der Waals surface area contributed by atoms with Gasteiger partial charge in [-0.25, -0.2) is 8.78 Å². The Labute approximate surface area is 125 Å². The molecule has 118 valence electrons. The molecule has 1 aromatic carbocycles. The standard InChI is InChI=1S/C16H24F2N2O/c1-21-11-12-3-2-8-20(10-12)15(9-19)13-4-6-14(7-5-13)16(17)18/h4-7,12,15-16H,2-3,8-11,19H2,1H3. The van der Waals surface area contributed by atoms with E-state index in [0.717, 1.165) is 31.7 Å². The quantitative estimate of drug-likeness (QED) is 0.877. The third-order valence-corrected chi connectivity index (χ3v) is 4.19. The fraction of sp³-hybridized carbons (Fsp3) is 0.625. The van der Waals surface area contributed by atoms with Crippen LogP contribution < -0.4 is 5.73 Å². The highest BCUT2D eigenvalue weighted by atomic mass is 19.3. The fourth-order valence-electron chi connectivity index (χ4n) is 3.11. The Kier molecular flexibility index (Phi) is 6.08. The zero-order chi connectivity index (χ0) is 15.2. The molecule has 1 saturated heterocycles. The molecule has 3 nitrogen and oxygen atoms in total. The van der Waals surface area contributed by atoms with Crippen LogP contribution in [-0.2, 0) is 4.74 Å². The van der Waals surface area contributed by atoms with Gasteiger partial charge in [0, 0.05) is 31.8 Å². The maximum Gasteiger partial charge on any atom is 0.263 e. The zero-order valence-corrected chi connectivity index (χ0v) is 12.5. The van der Waals surface area contributed by atoms with Gasteiger partial charge in [0.25, 0.3) is 6.43 Å². The Hall–Kier alpha value is -1.04. The summed E-state index contributed by atoms with van der Waals surface area (Å²) in [5.41, 5.74) is 7.01. The van der Waals surface area contributed by atoms with Crippen molar-refractivity contribution in [3.8, 4) is 0 Å². The smallest absolute Gasteiger partial charge is 0.263 e. The van der Waals surface area contributed by atoms with Crippen LogP contribution in [0.3, 0.4) is 0 Å². The number of hydrogen-bond donors (Lipinski definition) is 1. The number of piperidine rings is 1. The Morgan fingerprint density at radius 1 is 1.29 bits per heavy atom. The summed E-state index contributed by atoms with van der Waals surface area (Å²) >= 11 is 0. The van der Waals surface area contributed by atoms with Gasteiger partial charge in [0.15, 0.2) is 0 Å². The molecule has 5 heteroatoms. The van der Waals surface area contributed by atoms with Crippen molar-refractivity contribution in [2.45, 2.75) is 25.3 Å². The van der Waals surface area contributed by atoms with Gasteiger partial charge in [0.05, 0.1) is 6.61 Å². The molecule has 1 heterocycles. The van der Waals surface area contributed by atoms with E-state index < -0.39 is 6.43 Å². The van der Waals surface area contributed by atoms with Crippen molar-refractivity contribution in [1.29, 1.82) is 0 Å². The molecule has 0 bridgehead atoms. The highest BCUT2D eigenvalue weighted by Crippen LogP contribution is 2.28. The first kappa shape index (κ1) is 16.3. The number of nitrogens with zero attached hydrogens (tertiary/aromatic N) is 1. The molecule has 0 aromatic heterocycles. The summed E-state index contributed by atoms with van der Waals surface area (Å²) in [5, 5.41) is 0. The summed E-state index contributed by atoms with van der Waals surface area (Å²) in [7, 11) is 1.72. The van der Waals surface area contributed by atoms with Crippen molar-refractivity contribution < 1.29 is 13.5 Å². The number of ether oxygens (including phenoxy) is 1. The second kappa shape index (κ2) is 7.82. The van der Waals surface area contributed by atoms with E-state index in [1.54, 1.807) is 19.2 Å². The molecule has 1 aliphatic rings. The molecule has 2 N–H and O–H groups in total. The van der Waals surface area contributed by atoms with Gasteiger partial charge in [-0.3, -0.25) is 4.90 Å². The fourth-order valence-corrected chi connectivity index (χ4v) is 3.11. The maximum atomic E-state index is 12.6. The number of hydrogen-bond acceptors (Lipinski definition) is 3. The van der Waals surface area contributed by atoms with E-state index in [1.165, 1.54) is 18.6 Å². The number of halogens is 2. The van der Waals surface area contributed by atoms with Crippen LogP contribution in [0.15, 0.2) is 24.3 Å². The molecular weight excluding hydrogens is 274 g/mol. The van der Waals surface area contributed by atoms with Crippen LogP contribution in [0.1, 0.15) is 36.4 Å². The minimum absolute atomic E-state index is 0.0606. The SMILES string of the molecule is COCC1CCCN(C(CN)c2ccc(C(F)F)cc2)C1. The van der Waals surface area contributed by atoms with Crippen molar-refractivity contribution in [2.75, 3.05) is 33.4 Å². The van der Waals surface area contributed by atoms with Crippen molar-refractivity contribution in [3.05, 3.63) is 35.4 Å². The molecule has 0 aliphatic carbocycles. The molecule has 1 aliphatic heterocycles. The van der Waals surface area contributed by atoms with Gasteiger partial charge in [0.1, 0.15) is 0 Å². The minimum Gasteiger partial charge on any atom is -0.384 e. The third-order valence-electron chi connectivity index (χ3n) is 4.19. The van der Waals surface area contributed by atoms with E-state index in [4.69, 9.17) is 10.5 Å². The minimum atomic E-state index is -2.42. The molecule has 1 fully saturated rings. The van der Waals surface area contributed by atoms with Crippen LogP contribution in [-0.4, -0.2) is 38.3 Å². The van der Waals surface area contributed by atoms with Crippen molar-refractivity contribution in [2.24, 2.45) is 11.7 Å². The highest BCUT2D eigenvalue weighted by molar-refractivity contribution is 5.26. The number of likely N-dealkylation sites (tertiary alicyclic amines) is 1. The van der Waals surface area contributed by atoms with E-state index in [1.807, 2.05) is 0 Å². The van der Waals surface area contributed by atoms with Gasteiger partial charge in [-0.2, -0.15) is 0 Å². The second-order valence-corrected chi connectivity index (χ2v) is 5.68. The van der Waals surface area contributed by atoms with Gasteiger partial charge in [-0.1, -0.05) is 24.3 Å². The highest BCUT2D eigenvalue weighted by Gasteiger charge is 2.26. The molecule has 0 amide bonds. The molecule has 21 heavy (non-hydrogen) atoms. The lowest BCUT2D eigenvalue weighted by atomic mass is 9.95. The number of benzene rings is 1. The van der Waals surface area contributed by atoms with Crippen LogP contribution in [0.5, 0.6) is 0 Å². The van der Waals surface area contributed by atoms with Crippen molar-refractivity contribution >= 4 is 0 Å². The number of nitrogens with two attached hydrogens (primary N) is 1. The maximum absolute atomic E-state index is 12.6. The lowest BCUT2D eigenvalue weighted by molar-refractivity contribution is 0.0696. The van der Waals surface area contributed by atoms with Gasteiger partial charge < -0.3 is 10.5 Å². The van der Waals surface area contributed by atoms with Crippen molar-refractivity contribution in [3.63, 3.8) is 0 Å².